The first kappa shape index (κ1) is 15.0. The second kappa shape index (κ2) is 6.46. The monoisotopic (exact) mass is 360 g/mol. The van der Waals surface area contributed by atoms with Crippen LogP contribution in [0.3, 0.4) is 0 Å². The zero-order chi connectivity index (χ0) is 15.5. The summed E-state index contributed by atoms with van der Waals surface area (Å²) < 4.78 is 0.936. The molecule has 1 aliphatic heterocycles. The molecular weight excluding hydrogens is 344 g/mol. The second-order valence-electron chi connectivity index (χ2n) is 5.37. The van der Waals surface area contributed by atoms with Gasteiger partial charge in [-0.2, -0.15) is 10.4 Å². The van der Waals surface area contributed by atoms with E-state index in [1.807, 2.05) is 25.1 Å². The zero-order valence-electron chi connectivity index (χ0n) is 12.4. The van der Waals surface area contributed by atoms with Crippen LogP contribution in [0.5, 0.6) is 0 Å². The van der Waals surface area contributed by atoms with Gasteiger partial charge in [-0.05, 0) is 25.1 Å². The maximum absolute atomic E-state index is 9.29. The van der Waals surface area contributed by atoms with Crippen molar-refractivity contribution < 1.29 is 0 Å². The molecule has 1 aromatic carbocycles. The van der Waals surface area contributed by atoms with Crippen molar-refractivity contribution in [3.05, 3.63) is 39.9 Å². The van der Waals surface area contributed by atoms with Gasteiger partial charge in [0.15, 0.2) is 5.82 Å². The van der Waals surface area contributed by atoms with Gasteiger partial charge in [-0.25, -0.2) is 4.98 Å². The van der Waals surface area contributed by atoms with Crippen LogP contribution in [0.4, 0.5) is 5.69 Å². The van der Waals surface area contributed by atoms with Crippen LogP contribution in [0.1, 0.15) is 17.2 Å². The molecule has 7 heteroatoms. The number of hydrogen-bond donors (Lipinski definition) is 1. The topological polar surface area (TPSA) is 71.8 Å². The number of aromatic amines is 1. The van der Waals surface area contributed by atoms with E-state index in [0.717, 1.165) is 54.5 Å². The first-order chi connectivity index (χ1) is 10.7. The van der Waals surface area contributed by atoms with Crippen LogP contribution in [0, 0.1) is 18.3 Å². The number of hydrogen-bond acceptors (Lipinski definition) is 5. The van der Waals surface area contributed by atoms with Crippen LogP contribution in [0.25, 0.3) is 0 Å². The second-order valence-corrected chi connectivity index (χ2v) is 6.29. The molecule has 114 valence electrons. The fourth-order valence-electron chi connectivity index (χ4n) is 2.68. The normalized spacial score (nSPS) is 15.8. The fourth-order valence-corrected chi connectivity index (χ4v) is 3.04. The van der Waals surface area contributed by atoms with Crippen LogP contribution < -0.4 is 4.90 Å². The summed E-state index contributed by atoms with van der Waals surface area (Å²) in [6.07, 6.45) is 0. The third-order valence-electron chi connectivity index (χ3n) is 3.80. The first-order valence-corrected chi connectivity index (χ1v) is 8.00. The first-order valence-electron chi connectivity index (χ1n) is 7.20. The van der Waals surface area contributed by atoms with Crippen molar-refractivity contribution in [1.82, 2.24) is 20.1 Å². The third-order valence-corrected chi connectivity index (χ3v) is 4.29. The van der Waals surface area contributed by atoms with E-state index in [9.17, 15) is 5.26 Å². The van der Waals surface area contributed by atoms with Gasteiger partial charge in [0.25, 0.3) is 0 Å². The molecule has 3 rings (SSSR count). The highest BCUT2D eigenvalue weighted by atomic mass is 79.9. The molecule has 1 aromatic heterocycles. The fraction of sp³-hybridized carbons (Fsp3) is 0.400. The largest absolute Gasteiger partial charge is 0.368 e. The summed E-state index contributed by atoms with van der Waals surface area (Å²) in [5, 5.41) is 16.4. The van der Waals surface area contributed by atoms with Crippen LogP contribution in [0.2, 0.25) is 0 Å². The van der Waals surface area contributed by atoms with Crippen molar-refractivity contribution >= 4 is 21.6 Å². The number of nitrogens with one attached hydrogen (secondary N) is 1. The van der Waals surface area contributed by atoms with Crippen molar-refractivity contribution in [3.63, 3.8) is 0 Å². The highest BCUT2D eigenvalue weighted by Gasteiger charge is 2.20. The molecule has 0 saturated carbocycles. The van der Waals surface area contributed by atoms with Crippen molar-refractivity contribution in [3.8, 4) is 6.07 Å². The lowest BCUT2D eigenvalue weighted by Gasteiger charge is -2.36. The van der Waals surface area contributed by atoms with Gasteiger partial charge in [0.1, 0.15) is 11.9 Å². The van der Waals surface area contributed by atoms with Crippen LogP contribution in [0.15, 0.2) is 22.7 Å². The van der Waals surface area contributed by atoms with E-state index in [0.29, 0.717) is 5.56 Å². The average molecular weight is 361 g/mol. The van der Waals surface area contributed by atoms with Crippen molar-refractivity contribution in [2.45, 2.75) is 13.5 Å². The molecule has 0 amide bonds. The van der Waals surface area contributed by atoms with Crippen LogP contribution in [-0.4, -0.2) is 46.3 Å². The summed E-state index contributed by atoms with van der Waals surface area (Å²) in [5.41, 5.74) is 1.73. The van der Waals surface area contributed by atoms with Gasteiger partial charge in [-0.3, -0.25) is 10.00 Å². The van der Waals surface area contributed by atoms with E-state index in [-0.39, 0.29) is 0 Å². The molecule has 22 heavy (non-hydrogen) atoms. The van der Waals surface area contributed by atoms with E-state index >= 15 is 0 Å². The molecule has 0 bridgehead atoms. The number of halogens is 1. The van der Waals surface area contributed by atoms with Gasteiger partial charge in [0.2, 0.25) is 0 Å². The van der Waals surface area contributed by atoms with Gasteiger partial charge in [-0.15, -0.1) is 0 Å². The molecular formula is C15H17BrN6. The SMILES string of the molecule is Cc1nc(CN2CCN(c3ccc(Br)cc3C#N)CC2)n[nH]1. The minimum Gasteiger partial charge on any atom is -0.368 e. The van der Waals surface area contributed by atoms with Gasteiger partial charge in [0, 0.05) is 30.7 Å². The Labute approximate surface area is 137 Å². The number of nitrogens with zero attached hydrogens (tertiary/aromatic N) is 5. The Bertz CT molecular complexity index is 696. The maximum atomic E-state index is 9.29. The van der Waals surface area contributed by atoms with Gasteiger partial charge >= 0.3 is 0 Å². The van der Waals surface area contributed by atoms with Crippen molar-refractivity contribution in [2.24, 2.45) is 0 Å². The Kier molecular flexibility index (Phi) is 4.41. The average Bonchev–Trinajstić information content (AvgIpc) is 2.93. The minimum atomic E-state index is 0.715. The Morgan fingerprint density at radius 1 is 1.32 bits per heavy atom. The molecule has 0 atom stereocenters. The predicted octanol–water partition coefficient (Wildman–Crippen LogP) is 2.07. The Hall–Kier alpha value is -1.91. The molecule has 1 N–H and O–H groups in total. The van der Waals surface area contributed by atoms with Gasteiger partial charge in [-0.1, -0.05) is 15.9 Å². The molecule has 0 spiro atoms. The predicted molar refractivity (Wildman–Crippen MR) is 87.5 cm³/mol. The number of rotatable bonds is 3. The lowest BCUT2D eigenvalue weighted by Crippen LogP contribution is -2.46. The van der Waals surface area contributed by atoms with Crippen molar-refractivity contribution in [1.29, 1.82) is 5.26 Å². The van der Waals surface area contributed by atoms with E-state index in [4.69, 9.17) is 0 Å². The summed E-state index contributed by atoms with van der Waals surface area (Å²) in [6, 6.07) is 8.15. The Balaban J connectivity index is 1.63. The molecule has 2 heterocycles. The summed E-state index contributed by atoms with van der Waals surface area (Å²) >= 11 is 3.42. The van der Waals surface area contributed by atoms with E-state index < -0.39 is 0 Å². The Morgan fingerprint density at radius 3 is 2.73 bits per heavy atom. The molecule has 1 fully saturated rings. The number of piperazine rings is 1. The summed E-state index contributed by atoms with van der Waals surface area (Å²) in [4.78, 5) is 8.95. The van der Waals surface area contributed by atoms with Gasteiger partial charge in [0.05, 0.1) is 17.8 Å². The lowest BCUT2D eigenvalue weighted by atomic mass is 10.1. The molecule has 1 saturated heterocycles. The number of aryl methyl sites for hydroxylation is 1. The molecule has 2 aromatic rings. The molecule has 0 aliphatic carbocycles. The summed E-state index contributed by atoms with van der Waals surface area (Å²) in [6.45, 7) is 6.36. The van der Waals surface area contributed by atoms with Crippen LogP contribution in [-0.2, 0) is 6.54 Å². The third kappa shape index (κ3) is 3.29. The molecule has 0 radical (unpaired) electrons. The molecule has 0 unspecified atom stereocenters. The zero-order valence-corrected chi connectivity index (χ0v) is 14.0. The van der Waals surface area contributed by atoms with E-state index in [1.54, 1.807) is 0 Å². The summed E-state index contributed by atoms with van der Waals surface area (Å²) in [7, 11) is 0. The smallest absolute Gasteiger partial charge is 0.164 e. The maximum Gasteiger partial charge on any atom is 0.164 e. The van der Waals surface area contributed by atoms with Crippen LogP contribution >= 0.6 is 15.9 Å². The standard InChI is InChI=1S/C15H17BrN6/c1-11-18-15(20-19-11)10-21-4-6-22(7-5-21)14-3-2-13(16)8-12(14)9-17/h2-3,8H,4-7,10H2,1H3,(H,18,19,20). The minimum absolute atomic E-state index is 0.715. The number of benzene rings is 1. The number of aromatic nitrogens is 3. The lowest BCUT2D eigenvalue weighted by molar-refractivity contribution is 0.244. The Morgan fingerprint density at radius 2 is 2.09 bits per heavy atom. The quantitative estimate of drug-likeness (QED) is 0.906. The van der Waals surface area contributed by atoms with E-state index in [1.165, 1.54) is 0 Å². The van der Waals surface area contributed by atoms with E-state index in [2.05, 4.69) is 47.0 Å². The van der Waals surface area contributed by atoms with Gasteiger partial charge < -0.3 is 4.90 Å². The number of H-pyrrole nitrogens is 1. The summed E-state index contributed by atoms with van der Waals surface area (Å²) in [5.74, 6) is 1.69. The van der Waals surface area contributed by atoms with Crippen molar-refractivity contribution in [2.75, 3.05) is 31.1 Å². The molecule has 6 nitrogen and oxygen atoms in total. The highest BCUT2D eigenvalue weighted by Crippen LogP contribution is 2.25. The number of nitriles is 1. The number of anilines is 1. The highest BCUT2D eigenvalue weighted by molar-refractivity contribution is 9.10. The molecule has 1 aliphatic rings.